The molecule has 1 aromatic rings. The number of nitrogens with one attached hydrogen (secondary N) is 1. The van der Waals surface area contributed by atoms with E-state index in [9.17, 15) is 4.79 Å². The normalized spacial score (nSPS) is 16.7. The predicted octanol–water partition coefficient (Wildman–Crippen LogP) is 5.16. The van der Waals surface area contributed by atoms with Crippen LogP contribution in [0, 0.1) is 0 Å². The maximum Gasteiger partial charge on any atom is 0.173 e. The van der Waals surface area contributed by atoms with E-state index in [4.69, 9.17) is 21.7 Å². The number of carbonyl (C=O) groups excluding carboxylic acids is 1. The second-order valence-electron chi connectivity index (χ2n) is 7.41. The molecule has 29 heavy (non-hydrogen) atoms. The monoisotopic (exact) mass is 418 g/mol. The molecule has 0 radical (unpaired) electrons. The van der Waals surface area contributed by atoms with Crippen LogP contribution in [0.3, 0.4) is 0 Å². The van der Waals surface area contributed by atoms with Gasteiger partial charge >= 0.3 is 0 Å². The molecule has 0 amide bonds. The number of benzene rings is 1. The fourth-order valence-corrected chi connectivity index (χ4v) is 4.02. The van der Waals surface area contributed by atoms with E-state index in [0.717, 1.165) is 42.0 Å². The lowest BCUT2D eigenvalue weighted by Gasteiger charge is -2.37. The molecule has 6 heteroatoms. The molecule has 0 fully saturated rings. The number of methoxy groups -OCH3 is 1. The van der Waals surface area contributed by atoms with Gasteiger partial charge in [0.15, 0.2) is 22.4 Å². The van der Waals surface area contributed by atoms with E-state index < -0.39 is 0 Å². The lowest BCUT2D eigenvalue weighted by Crippen LogP contribution is -2.47. The largest absolute Gasteiger partial charge is 0.493 e. The molecule has 0 aliphatic carbocycles. The molecule has 160 valence electrons. The zero-order chi connectivity index (χ0) is 21.4. The van der Waals surface area contributed by atoms with Crippen LogP contribution in [0.15, 0.2) is 29.5 Å². The van der Waals surface area contributed by atoms with Gasteiger partial charge in [-0.15, -0.1) is 0 Å². The van der Waals surface area contributed by atoms with Crippen LogP contribution in [0.25, 0.3) is 0 Å². The van der Waals surface area contributed by atoms with E-state index in [2.05, 4.69) is 19.2 Å². The van der Waals surface area contributed by atoms with Gasteiger partial charge in [0.2, 0.25) is 0 Å². The first kappa shape index (κ1) is 23.2. The topological polar surface area (TPSA) is 50.8 Å². The van der Waals surface area contributed by atoms with Crippen LogP contribution in [0.4, 0.5) is 0 Å². The summed E-state index contributed by atoms with van der Waals surface area (Å²) in [4.78, 5) is 14.5. The Labute approximate surface area is 180 Å². The lowest BCUT2D eigenvalue weighted by molar-refractivity contribution is -0.114. The first-order valence-electron chi connectivity index (χ1n) is 10.5. The number of unbranched alkanes of at least 4 members (excludes halogenated alkanes) is 3. The summed E-state index contributed by atoms with van der Waals surface area (Å²) in [5.74, 6) is 1.44. The van der Waals surface area contributed by atoms with Gasteiger partial charge in [-0.2, -0.15) is 0 Å². The van der Waals surface area contributed by atoms with E-state index in [1.807, 2.05) is 30.0 Å². The summed E-state index contributed by atoms with van der Waals surface area (Å²) in [6.45, 7) is 9.33. The average Bonchev–Trinajstić information content (AvgIpc) is 2.70. The summed E-state index contributed by atoms with van der Waals surface area (Å²) in [6.07, 6.45) is 5.57. The number of hydrogen-bond acceptors (Lipinski definition) is 4. The van der Waals surface area contributed by atoms with Crippen molar-refractivity contribution < 1.29 is 14.3 Å². The number of allylic oxidation sites excluding steroid dienone is 1. The third-order valence-corrected chi connectivity index (χ3v) is 5.54. The Morgan fingerprint density at radius 3 is 2.55 bits per heavy atom. The third-order valence-electron chi connectivity index (χ3n) is 5.20. The molecule has 1 unspecified atom stereocenters. The van der Waals surface area contributed by atoms with Gasteiger partial charge in [-0.3, -0.25) is 4.79 Å². The lowest BCUT2D eigenvalue weighted by atomic mass is 9.92. The van der Waals surface area contributed by atoms with Crippen molar-refractivity contribution in [3.05, 3.63) is 35.0 Å². The zero-order valence-electron chi connectivity index (χ0n) is 18.3. The van der Waals surface area contributed by atoms with Gasteiger partial charge in [-0.1, -0.05) is 39.2 Å². The van der Waals surface area contributed by atoms with Crippen molar-refractivity contribution in [2.24, 2.45) is 0 Å². The molecule has 0 bridgehead atoms. The first-order valence-corrected chi connectivity index (χ1v) is 11.0. The summed E-state index contributed by atoms with van der Waals surface area (Å²) < 4.78 is 11.5. The summed E-state index contributed by atoms with van der Waals surface area (Å²) in [6, 6.07) is 5.55. The Morgan fingerprint density at radius 1 is 1.17 bits per heavy atom. The van der Waals surface area contributed by atoms with Crippen molar-refractivity contribution in [3.63, 3.8) is 0 Å². The molecule has 0 saturated carbocycles. The smallest absolute Gasteiger partial charge is 0.173 e. The molecular weight excluding hydrogens is 384 g/mol. The van der Waals surface area contributed by atoms with Crippen LogP contribution in [0.2, 0.25) is 0 Å². The molecule has 1 heterocycles. The molecule has 0 aromatic heterocycles. The van der Waals surface area contributed by atoms with E-state index in [1.165, 1.54) is 19.3 Å². The zero-order valence-corrected chi connectivity index (χ0v) is 19.2. The molecule has 1 N–H and O–H groups in total. The molecule has 2 rings (SSSR count). The molecule has 1 aliphatic heterocycles. The van der Waals surface area contributed by atoms with Crippen molar-refractivity contribution >= 4 is 23.1 Å². The average molecular weight is 419 g/mol. The van der Waals surface area contributed by atoms with Gasteiger partial charge in [-0.05, 0) is 56.6 Å². The Bertz CT molecular complexity index is 760. The molecule has 0 saturated heterocycles. The summed E-state index contributed by atoms with van der Waals surface area (Å²) >= 11 is 5.58. The van der Waals surface area contributed by atoms with Gasteiger partial charge in [0.05, 0.1) is 19.8 Å². The SMILES string of the molecule is CCCCCCOc1ccc(C2NC(=S)N(CCC)C(C)=C2C(C)=O)cc1OC. The maximum absolute atomic E-state index is 12.5. The number of ether oxygens (including phenoxy) is 2. The van der Waals surface area contributed by atoms with Crippen LogP contribution in [0.5, 0.6) is 11.5 Å². The van der Waals surface area contributed by atoms with Gasteiger partial charge < -0.3 is 19.7 Å². The standard InChI is InChI=1S/C23H34N2O3S/c1-6-8-9-10-14-28-19-12-11-18(15-20(19)27-5)22-21(17(4)26)16(3)25(13-7-2)23(29)24-22/h11-12,15,22H,6-10,13-14H2,1-5H3,(H,24,29). The van der Waals surface area contributed by atoms with E-state index in [1.54, 1.807) is 14.0 Å². The molecule has 5 nitrogen and oxygen atoms in total. The van der Waals surface area contributed by atoms with Crippen molar-refractivity contribution in [2.45, 2.75) is 65.8 Å². The Hall–Kier alpha value is -2.08. The van der Waals surface area contributed by atoms with E-state index in [0.29, 0.717) is 17.5 Å². The van der Waals surface area contributed by atoms with Gasteiger partial charge in [0, 0.05) is 17.8 Å². The second-order valence-corrected chi connectivity index (χ2v) is 7.80. The number of nitrogens with zero attached hydrogens (tertiary/aromatic N) is 1. The van der Waals surface area contributed by atoms with Crippen molar-refractivity contribution in [2.75, 3.05) is 20.3 Å². The van der Waals surface area contributed by atoms with E-state index >= 15 is 0 Å². The third kappa shape index (κ3) is 5.72. The van der Waals surface area contributed by atoms with E-state index in [-0.39, 0.29) is 11.8 Å². The number of carbonyl (C=O) groups is 1. The van der Waals surface area contributed by atoms with Gasteiger partial charge in [0.25, 0.3) is 0 Å². The predicted molar refractivity (Wildman–Crippen MR) is 121 cm³/mol. The highest BCUT2D eigenvalue weighted by molar-refractivity contribution is 7.80. The van der Waals surface area contributed by atoms with Crippen molar-refractivity contribution in [3.8, 4) is 11.5 Å². The molecule has 1 atom stereocenters. The number of thiocarbonyl (C=S) groups is 1. The summed E-state index contributed by atoms with van der Waals surface area (Å²) in [5.41, 5.74) is 2.59. The van der Waals surface area contributed by atoms with Crippen LogP contribution < -0.4 is 14.8 Å². The van der Waals surface area contributed by atoms with Crippen LogP contribution >= 0.6 is 12.2 Å². The number of ketones is 1. The summed E-state index contributed by atoms with van der Waals surface area (Å²) in [7, 11) is 1.64. The molecule has 0 spiro atoms. The van der Waals surface area contributed by atoms with Gasteiger partial charge in [0.1, 0.15) is 0 Å². The highest BCUT2D eigenvalue weighted by atomic mass is 32.1. The fourth-order valence-electron chi connectivity index (χ4n) is 3.67. The van der Waals surface area contributed by atoms with Crippen LogP contribution in [0.1, 0.15) is 71.4 Å². The van der Waals surface area contributed by atoms with Crippen LogP contribution in [-0.2, 0) is 4.79 Å². The van der Waals surface area contributed by atoms with Crippen molar-refractivity contribution in [1.82, 2.24) is 10.2 Å². The van der Waals surface area contributed by atoms with Gasteiger partial charge in [-0.25, -0.2) is 0 Å². The van der Waals surface area contributed by atoms with Crippen molar-refractivity contribution in [1.29, 1.82) is 0 Å². The number of Topliss-reactive ketones (excluding diaryl/α,β-unsaturated/α-hetero) is 1. The maximum atomic E-state index is 12.5. The second kappa shape index (κ2) is 11.2. The Balaban J connectivity index is 2.28. The minimum absolute atomic E-state index is 0.0406. The number of hydrogen-bond donors (Lipinski definition) is 1. The molecular formula is C23H34N2O3S. The Morgan fingerprint density at radius 2 is 1.93 bits per heavy atom. The minimum atomic E-state index is -0.291. The molecule has 1 aliphatic rings. The van der Waals surface area contributed by atoms with Crippen LogP contribution in [-0.4, -0.2) is 36.1 Å². The highest BCUT2D eigenvalue weighted by Gasteiger charge is 2.32. The fraction of sp³-hybridized carbons (Fsp3) is 0.565. The quantitative estimate of drug-likeness (QED) is 0.396. The molecule has 1 aromatic carbocycles. The number of rotatable bonds is 11. The summed E-state index contributed by atoms with van der Waals surface area (Å²) in [5, 5.41) is 4.00. The highest BCUT2D eigenvalue weighted by Crippen LogP contribution is 2.36. The minimum Gasteiger partial charge on any atom is -0.493 e. The Kier molecular flexibility index (Phi) is 8.96. The first-order chi connectivity index (χ1) is 13.9.